The number of rotatable bonds is 1. The van der Waals surface area contributed by atoms with Gasteiger partial charge in [-0.3, -0.25) is 0 Å². The fraction of sp³-hybridized carbons (Fsp3) is 0.733. The van der Waals surface area contributed by atoms with Crippen molar-refractivity contribution in [3.63, 3.8) is 0 Å². The summed E-state index contributed by atoms with van der Waals surface area (Å²) in [7, 11) is 0. The Balaban J connectivity index is 3.25. The van der Waals surface area contributed by atoms with E-state index in [1.54, 1.807) is 11.1 Å². The van der Waals surface area contributed by atoms with Crippen LogP contribution in [0, 0.1) is 17.3 Å². The third-order valence-corrected chi connectivity index (χ3v) is 3.34. The van der Waals surface area contributed by atoms with Gasteiger partial charge in [0, 0.05) is 0 Å². The van der Waals surface area contributed by atoms with E-state index >= 15 is 0 Å². The zero-order valence-electron chi connectivity index (χ0n) is 11.4. The highest BCUT2D eigenvalue weighted by molar-refractivity contribution is 5.40. The van der Waals surface area contributed by atoms with Crippen molar-refractivity contribution in [2.75, 3.05) is 0 Å². The van der Waals surface area contributed by atoms with E-state index in [2.05, 4.69) is 54.5 Å². The average molecular weight is 206 g/mol. The van der Waals surface area contributed by atoms with Crippen molar-refractivity contribution in [1.82, 2.24) is 0 Å². The van der Waals surface area contributed by atoms with E-state index in [1.807, 2.05) is 0 Å². The van der Waals surface area contributed by atoms with Crippen molar-refractivity contribution >= 4 is 0 Å². The third-order valence-electron chi connectivity index (χ3n) is 3.34. The van der Waals surface area contributed by atoms with Crippen LogP contribution in [-0.2, 0) is 0 Å². The van der Waals surface area contributed by atoms with E-state index in [4.69, 9.17) is 0 Å². The van der Waals surface area contributed by atoms with E-state index in [-0.39, 0.29) is 0 Å². The van der Waals surface area contributed by atoms with Crippen LogP contribution >= 0.6 is 0 Å². The Morgan fingerprint density at radius 1 is 1.33 bits per heavy atom. The molecule has 0 nitrogen and oxygen atoms in total. The molecule has 0 radical (unpaired) electrons. The van der Waals surface area contributed by atoms with Gasteiger partial charge in [-0.05, 0) is 48.7 Å². The molecule has 0 aromatic carbocycles. The van der Waals surface area contributed by atoms with Crippen LogP contribution in [0.25, 0.3) is 0 Å². The van der Waals surface area contributed by atoms with E-state index in [1.165, 1.54) is 12.0 Å². The molecule has 0 fully saturated rings. The molecule has 1 unspecified atom stereocenters. The van der Waals surface area contributed by atoms with E-state index in [9.17, 15) is 0 Å². The van der Waals surface area contributed by atoms with Gasteiger partial charge in [0.25, 0.3) is 0 Å². The molecule has 15 heavy (non-hydrogen) atoms. The van der Waals surface area contributed by atoms with Crippen LogP contribution in [-0.4, -0.2) is 0 Å². The minimum Gasteiger partial charge on any atom is -0.0751 e. The Morgan fingerprint density at radius 3 is 2.27 bits per heavy atom. The summed E-state index contributed by atoms with van der Waals surface area (Å²) in [4.78, 5) is 0. The van der Waals surface area contributed by atoms with Crippen molar-refractivity contribution in [3.8, 4) is 0 Å². The van der Waals surface area contributed by atoms with Gasteiger partial charge in [-0.25, -0.2) is 0 Å². The summed E-state index contributed by atoms with van der Waals surface area (Å²) in [5.41, 5.74) is 5.07. The lowest BCUT2D eigenvalue weighted by atomic mass is 9.68. The van der Waals surface area contributed by atoms with Gasteiger partial charge >= 0.3 is 0 Å². The van der Waals surface area contributed by atoms with Crippen LogP contribution in [0.5, 0.6) is 0 Å². The molecule has 0 aromatic rings. The van der Waals surface area contributed by atoms with Crippen molar-refractivity contribution in [1.29, 1.82) is 0 Å². The lowest BCUT2D eigenvalue weighted by Crippen LogP contribution is -2.24. The second kappa shape index (κ2) is 4.15. The van der Waals surface area contributed by atoms with Gasteiger partial charge in [0.05, 0.1) is 0 Å². The molecule has 0 saturated carbocycles. The van der Waals surface area contributed by atoms with Gasteiger partial charge in [-0.2, -0.15) is 0 Å². The number of hydrogen-bond donors (Lipinski definition) is 0. The Morgan fingerprint density at radius 2 is 1.87 bits per heavy atom. The van der Waals surface area contributed by atoms with Crippen LogP contribution < -0.4 is 0 Å². The van der Waals surface area contributed by atoms with Gasteiger partial charge in [-0.1, -0.05) is 46.3 Å². The van der Waals surface area contributed by atoms with Crippen molar-refractivity contribution in [2.24, 2.45) is 17.3 Å². The Labute approximate surface area is 95.5 Å². The van der Waals surface area contributed by atoms with Crippen molar-refractivity contribution in [3.05, 3.63) is 22.8 Å². The summed E-state index contributed by atoms with van der Waals surface area (Å²) in [6.45, 7) is 16.2. The highest BCUT2D eigenvalue weighted by Crippen LogP contribution is 2.43. The lowest BCUT2D eigenvalue weighted by Gasteiger charge is -2.36. The van der Waals surface area contributed by atoms with Crippen molar-refractivity contribution < 1.29 is 0 Å². The highest BCUT2D eigenvalue weighted by atomic mass is 14.3. The molecule has 1 aliphatic rings. The summed E-state index contributed by atoms with van der Waals surface area (Å²) in [5, 5.41) is 0. The first-order valence-corrected chi connectivity index (χ1v) is 6.15. The maximum absolute atomic E-state index is 2.50. The summed E-state index contributed by atoms with van der Waals surface area (Å²) in [5.74, 6) is 1.37. The SMILES string of the molecule is CC(C)=C1C(C(C)C)=CC(C)(C)CC1C. The molecule has 0 N–H and O–H groups in total. The molecule has 0 aromatic heterocycles. The summed E-state index contributed by atoms with van der Waals surface area (Å²) < 4.78 is 0. The maximum Gasteiger partial charge on any atom is -0.0163 e. The zero-order valence-corrected chi connectivity index (χ0v) is 11.4. The number of allylic oxidation sites excluding steroid dienone is 4. The largest absolute Gasteiger partial charge is 0.0751 e. The van der Waals surface area contributed by atoms with Gasteiger partial charge in [0.1, 0.15) is 0 Å². The molecular weight excluding hydrogens is 180 g/mol. The standard InChI is InChI=1S/C15H26/c1-10(2)13-9-15(6,7)8-12(5)14(13)11(3)4/h9-10,12H,8H2,1-7H3. The van der Waals surface area contributed by atoms with Crippen LogP contribution in [0.2, 0.25) is 0 Å². The van der Waals surface area contributed by atoms with E-state index in [0.29, 0.717) is 17.3 Å². The lowest BCUT2D eigenvalue weighted by molar-refractivity contribution is 0.352. The molecule has 0 heterocycles. The molecule has 0 saturated heterocycles. The minimum atomic E-state index is 0.373. The second-order valence-corrected chi connectivity index (χ2v) is 6.26. The van der Waals surface area contributed by atoms with Crippen molar-refractivity contribution in [2.45, 2.75) is 54.9 Å². The van der Waals surface area contributed by atoms with E-state index in [0.717, 1.165) is 0 Å². The Hall–Kier alpha value is -0.520. The van der Waals surface area contributed by atoms with Crippen LogP contribution in [0.15, 0.2) is 22.8 Å². The molecule has 0 spiro atoms. The first-order chi connectivity index (χ1) is 6.74. The second-order valence-electron chi connectivity index (χ2n) is 6.26. The van der Waals surface area contributed by atoms with Crippen LogP contribution in [0.4, 0.5) is 0 Å². The molecule has 0 bridgehead atoms. The third kappa shape index (κ3) is 2.74. The smallest absolute Gasteiger partial charge is 0.0163 e. The Kier molecular flexibility index (Phi) is 3.48. The zero-order chi connectivity index (χ0) is 11.8. The van der Waals surface area contributed by atoms with Gasteiger partial charge < -0.3 is 0 Å². The molecule has 0 amide bonds. The maximum atomic E-state index is 2.50. The van der Waals surface area contributed by atoms with Gasteiger partial charge in [-0.15, -0.1) is 0 Å². The van der Waals surface area contributed by atoms with Gasteiger partial charge in [0.2, 0.25) is 0 Å². The van der Waals surface area contributed by atoms with E-state index < -0.39 is 0 Å². The molecule has 0 aliphatic heterocycles. The normalized spacial score (nSPS) is 25.5. The average Bonchev–Trinajstić information content (AvgIpc) is 1.99. The predicted octanol–water partition coefficient (Wildman–Crippen LogP) is 4.97. The molecule has 86 valence electrons. The molecule has 1 aliphatic carbocycles. The quantitative estimate of drug-likeness (QED) is 0.568. The first kappa shape index (κ1) is 12.5. The fourth-order valence-electron chi connectivity index (χ4n) is 2.99. The highest BCUT2D eigenvalue weighted by Gasteiger charge is 2.30. The Bertz CT molecular complexity index is 296. The molecule has 1 rings (SSSR count). The van der Waals surface area contributed by atoms with Crippen LogP contribution in [0.3, 0.4) is 0 Å². The summed E-state index contributed by atoms with van der Waals surface area (Å²) in [6.07, 6.45) is 3.78. The molecule has 1 atom stereocenters. The topological polar surface area (TPSA) is 0 Å². The fourth-order valence-corrected chi connectivity index (χ4v) is 2.99. The molecule has 0 heteroatoms. The minimum absolute atomic E-state index is 0.373. The number of hydrogen-bond acceptors (Lipinski definition) is 0. The predicted molar refractivity (Wildman–Crippen MR) is 68.9 cm³/mol. The van der Waals surface area contributed by atoms with Gasteiger partial charge in [0.15, 0.2) is 0 Å². The summed E-state index contributed by atoms with van der Waals surface area (Å²) >= 11 is 0. The van der Waals surface area contributed by atoms with Crippen LogP contribution in [0.1, 0.15) is 54.9 Å². The monoisotopic (exact) mass is 206 g/mol. The molecular formula is C15H26. The first-order valence-electron chi connectivity index (χ1n) is 6.15. The summed E-state index contributed by atoms with van der Waals surface area (Å²) in [6, 6.07) is 0.